The Morgan fingerprint density at radius 2 is 1.95 bits per heavy atom. The summed E-state index contributed by atoms with van der Waals surface area (Å²) >= 11 is 1.74. The van der Waals surface area contributed by atoms with E-state index in [1.165, 1.54) is 0 Å². The van der Waals surface area contributed by atoms with Crippen LogP contribution in [0.4, 0.5) is 0 Å². The molecule has 114 valence electrons. The normalized spacial score (nSPS) is 26.2. The quantitative estimate of drug-likeness (QED) is 0.865. The topological polar surface area (TPSA) is 49.4 Å². The fourth-order valence-electron chi connectivity index (χ4n) is 3.31. The molecule has 2 fully saturated rings. The fourth-order valence-corrected chi connectivity index (χ4v) is 3.58. The minimum Gasteiger partial charge on any atom is -0.340 e. The molecular formula is C15H26N2O2S. The Labute approximate surface area is 126 Å². The molecule has 0 bridgehead atoms. The molecule has 1 saturated carbocycles. The molecule has 1 unspecified atom stereocenters. The van der Waals surface area contributed by atoms with Crippen LogP contribution in [-0.4, -0.2) is 45.8 Å². The number of nitrogens with zero attached hydrogens (tertiary/aromatic N) is 1. The fraction of sp³-hybridized carbons (Fsp3) is 0.867. The van der Waals surface area contributed by atoms with Crippen molar-refractivity contribution in [3.63, 3.8) is 0 Å². The molecule has 2 aliphatic rings. The molecule has 1 heterocycles. The van der Waals surface area contributed by atoms with Gasteiger partial charge in [-0.2, -0.15) is 11.8 Å². The van der Waals surface area contributed by atoms with Gasteiger partial charge in [-0.1, -0.05) is 19.8 Å². The summed E-state index contributed by atoms with van der Waals surface area (Å²) in [6.45, 7) is 6.88. The molecule has 1 aliphatic carbocycles. The second-order valence-corrected chi connectivity index (χ2v) is 8.11. The molecule has 0 radical (unpaired) electrons. The van der Waals surface area contributed by atoms with Gasteiger partial charge in [0.05, 0.1) is 0 Å². The molecule has 5 heteroatoms. The van der Waals surface area contributed by atoms with Crippen molar-refractivity contribution in [1.82, 2.24) is 10.2 Å². The van der Waals surface area contributed by atoms with Crippen LogP contribution >= 0.6 is 11.8 Å². The number of hydrogen-bond acceptors (Lipinski definition) is 3. The van der Waals surface area contributed by atoms with Crippen molar-refractivity contribution >= 4 is 23.6 Å². The summed E-state index contributed by atoms with van der Waals surface area (Å²) in [5, 5.41) is 3.04. The van der Waals surface area contributed by atoms with Crippen molar-refractivity contribution in [2.24, 2.45) is 0 Å². The Bertz CT molecular complexity index is 403. The summed E-state index contributed by atoms with van der Waals surface area (Å²) in [5.74, 6) is 0.175. The van der Waals surface area contributed by atoms with Crippen molar-refractivity contribution in [3.05, 3.63) is 0 Å². The van der Waals surface area contributed by atoms with Gasteiger partial charge < -0.3 is 10.2 Å². The zero-order chi connectivity index (χ0) is 15.0. The van der Waals surface area contributed by atoms with Crippen LogP contribution in [0.3, 0.4) is 0 Å². The zero-order valence-corrected chi connectivity index (χ0v) is 13.8. The Morgan fingerprint density at radius 3 is 2.45 bits per heavy atom. The van der Waals surface area contributed by atoms with E-state index in [4.69, 9.17) is 0 Å². The van der Waals surface area contributed by atoms with Crippen LogP contribution in [0.25, 0.3) is 0 Å². The lowest BCUT2D eigenvalue weighted by atomic mass is 9.89. The largest absolute Gasteiger partial charge is 0.340 e. The van der Waals surface area contributed by atoms with Gasteiger partial charge in [0.25, 0.3) is 0 Å². The average Bonchev–Trinajstić information content (AvgIpc) is 2.85. The van der Waals surface area contributed by atoms with Crippen LogP contribution in [0.2, 0.25) is 0 Å². The molecule has 20 heavy (non-hydrogen) atoms. The van der Waals surface area contributed by atoms with Crippen molar-refractivity contribution < 1.29 is 9.59 Å². The molecular weight excluding hydrogens is 272 g/mol. The second-order valence-electron chi connectivity index (χ2n) is 6.60. The number of nitrogens with one attached hydrogen (secondary N) is 1. The highest BCUT2D eigenvalue weighted by Crippen LogP contribution is 2.36. The number of hydrogen-bond donors (Lipinski definition) is 1. The van der Waals surface area contributed by atoms with Gasteiger partial charge in [-0.3, -0.25) is 9.59 Å². The van der Waals surface area contributed by atoms with Gasteiger partial charge in [0.1, 0.15) is 11.6 Å². The van der Waals surface area contributed by atoms with E-state index in [1.54, 1.807) is 11.8 Å². The van der Waals surface area contributed by atoms with Crippen LogP contribution in [0.1, 0.15) is 52.9 Å². The van der Waals surface area contributed by atoms with Gasteiger partial charge in [0.2, 0.25) is 11.8 Å². The van der Waals surface area contributed by atoms with Crippen LogP contribution < -0.4 is 5.32 Å². The summed E-state index contributed by atoms with van der Waals surface area (Å²) < 4.78 is -0.0273. The maximum absolute atomic E-state index is 13.0. The van der Waals surface area contributed by atoms with Gasteiger partial charge >= 0.3 is 0 Å². The first kappa shape index (κ1) is 15.7. The zero-order valence-electron chi connectivity index (χ0n) is 13.0. The van der Waals surface area contributed by atoms with E-state index in [2.05, 4.69) is 25.4 Å². The predicted molar refractivity (Wildman–Crippen MR) is 82.7 cm³/mol. The van der Waals surface area contributed by atoms with Crippen LogP contribution in [0, 0.1) is 0 Å². The van der Waals surface area contributed by atoms with Crippen LogP contribution in [-0.2, 0) is 9.59 Å². The molecule has 1 N–H and O–H groups in total. The molecule has 2 amide bonds. The molecule has 0 aromatic rings. The summed E-state index contributed by atoms with van der Waals surface area (Å²) in [4.78, 5) is 27.2. The van der Waals surface area contributed by atoms with E-state index in [0.29, 0.717) is 13.0 Å². The molecule has 0 aromatic heterocycles. The van der Waals surface area contributed by atoms with Crippen molar-refractivity contribution in [1.29, 1.82) is 0 Å². The van der Waals surface area contributed by atoms with Crippen molar-refractivity contribution in [3.8, 4) is 0 Å². The van der Waals surface area contributed by atoms with Crippen LogP contribution in [0.15, 0.2) is 0 Å². The van der Waals surface area contributed by atoms with Gasteiger partial charge in [0, 0.05) is 11.3 Å². The standard InChI is InChI=1S/C15H26N2O2S/c1-5-11-12(18)16-15(8-6-7-9-15)13(19)17(11)10-14(2,3)20-4/h11H,5-10H2,1-4H3,(H,16,18). The van der Waals surface area contributed by atoms with E-state index in [-0.39, 0.29) is 22.6 Å². The molecule has 2 rings (SSSR count). The second kappa shape index (κ2) is 5.58. The molecule has 1 atom stereocenters. The highest BCUT2D eigenvalue weighted by molar-refractivity contribution is 7.99. The van der Waals surface area contributed by atoms with E-state index < -0.39 is 5.54 Å². The predicted octanol–water partition coefficient (Wildman–Crippen LogP) is 2.18. The maximum atomic E-state index is 13.0. The van der Waals surface area contributed by atoms with Crippen molar-refractivity contribution in [2.45, 2.75) is 69.2 Å². The minimum atomic E-state index is -0.600. The molecule has 4 nitrogen and oxygen atoms in total. The molecule has 1 spiro atoms. The van der Waals surface area contributed by atoms with Gasteiger partial charge in [0.15, 0.2) is 0 Å². The average molecular weight is 298 g/mol. The Kier molecular flexibility index (Phi) is 4.38. The van der Waals surface area contributed by atoms with Gasteiger partial charge in [-0.05, 0) is 39.4 Å². The maximum Gasteiger partial charge on any atom is 0.249 e. The van der Waals surface area contributed by atoms with E-state index in [0.717, 1.165) is 25.7 Å². The van der Waals surface area contributed by atoms with E-state index in [1.807, 2.05) is 11.8 Å². The number of rotatable bonds is 4. The summed E-state index contributed by atoms with van der Waals surface area (Å²) in [5.41, 5.74) is -0.600. The monoisotopic (exact) mass is 298 g/mol. The van der Waals surface area contributed by atoms with Gasteiger partial charge in [-0.15, -0.1) is 0 Å². The first-order valence-electron chi connectivity index (χ1n) is 7.53. The smallest absolute Gasteiger partial charge is 0.249 e. The number of amides is 2. The third kappa shape index (κ3) is 2.69. The summed E-state index contributed by atoms with van der Waals surface area (Å²) in [7, 11) is 0. The first-order valence-corrected chi connectivity index (χ1v) is 8.76. The SMILES string of the molecule is CCC1C(=O)NC2(CCCC2)C(=O)N1CC(C)(C)SC. The number of carbonyl (C=O) groups excluding carboxylic acids is 2. The summed E-state index contributed by atoms with van der Waals surface area (Å²) in [6, 6.07) is -0.305. The minimum absolute atomic E-state index is 0.0273. The molecule has 0 aromatic carbocycles. The number of piperazine rings is 1. The Hall–Kier alpha value is -0.710. The highest BCUT2D eigenvalue weighted by atomic mass is 32.2. The lowest BCUT2D eigenvalue weighted by Crippen LogP contribution is -2.70. The van der Waals surface area contributed by atoms with E-state index in [9.17, 15) is 9.59 Å². The third-order valence-corrected chi connectivity index (χ3v) is 5.89. The Morgan fingerprint density at radius 1 is 1.35 bits per heavy atom. The highest BCUT2D eigenvalue weighted by Gasteiger charge is 2.52. The number of carbonyl (C=O) groups is 2. The van der Waals surface area contributed by atoms with Gasteiger partial charge in [-0.25, -0.2) is 0 Å². The Balaban J connectivity index is 2.28. The number of thioether (sulfide) groups is 1. The molecule has 1 aliphatic heterocycles. The third-order valence-electron chi connectivity index (χ3n) is 4.66. The van der Waals surface area contributed by atoms with Crippen molar-refractivity contribution in [2.75, 3.05) is 12.8 Å². The van der Waals surface area contributed by atoms with E-state index >= 15 is 0 Å². The lowest BCUT2D eigenvalue weighted by molar-refractivity contribution is -0.155. The molecule has 1 saturated heterocycles. The van der Waals surface area contributed by atoms with Crippen LogP contribution in [0.5, 0.6) is 0 Å². The summed E-state index contributed by atoms with van der Waals surface area (Å²) in [6.07, 6.45) is 6.39. The first-order chi connectivity index (χ1) is 9.35. The lowest BCUT2D eigenvalue weighted by Gasteiger charge is -2.46.